The first-order chi connectivity index (χ1) is 11.9. The summed E-state index contributed by atoms with van der Waals surface area (Å²) < 4.78 is 33.3. The number of benzene rings is 1. The molecule has 8 heteroatoms. The number of likely N-dealkylation sites (tertiary alicyclic amines) is 1. The smallest absolute Gasteiger partial charge is 0.262 e. The highest BCUT2D eigenvalue weighted by atomic mass is 32.2. The van der Waals surface area contributed by atoms with Crippen molar-refractivity contribution >= 4 is 21.6 Å². The van der Waals surface area contributed by atoms with Gasteiger partial charge in [0.25, 0.3) is 5.91 Å². The molecule has 2 heterocycles. The summed E-state index contributed by atoms with van der Waals surface area (Å²) in [6, 6.07) is 3.62. The molecule has 1 fully saturated rings. The summed E-state index contributed by atoms with van der Waals surface area (Å²) in [5.74, 6) is 0.145. The van der Waals surface area contributed by atoms with E-state index >= 15 is 0 Å². The highest BCUT2D eigenvalue weighted by molar-refractivity contribution is 7.89. The summed E-state index contributed by atoms with van der Waals surface area (Å²) in [5, 5.41) is 2.68. The van der Waals surface area contributed by atoms with Crippen LogP contribution in [0.5, 0.6) is 5.75 Å². The number of anilines is 1. The average molecular weight is 367 g/mol. The van der Waals surface area contributed by atoms with Crippen LogP contribution >= 0.6 is 0 Å². The molecule has 0 spiro atoms. The van der Waals surface area contributed by atoms with Gasteiger partial charge in [-0.15, -0.1) is 0 Å². The standard InChI is InChI=1S/C17H25N3O4S/c1-12-9-14-15(24-11-17(21)19-14)10-16(12)25(22,23)18-6-8-20-7-4-3-5-13(20)2/h9-10,13,18H,3-8,11H2,1-2H3,(H,19,21)/t13-/m0/s1. The van der Waals surface area contributed by atoms with Crippen molar-refractivity contribution in [2.45, 2.75) is 44.0 Å². The Hall–Kier alpha value is -1.64. The van der Waals surface area contributed by atoms with E-state index in [4.69, 9.17) is 4.74 Å². The Kier molecular flexibility index (Phi) is 5.31. The normalized spacial score (nSPS) is 21.4. The van der Waals surface area contributed by atoms with Crippen molar-refractivity contribution in [3.8, 4) is 5.75 Å². The lowest BCUT2D eigenvalue weighted by atomic mass is 10.0. The predicted octanol–water partition coefficient (Wildman–Crippen LogP) is 1.48. The van der Waals surface area contributed by atoms with Gasteiger partial charge in [0.2, 0.25) is 10.0 Å². The van der Waals surface area contributed by atoms with Crippen molar-refractivity contribution in [1.82, 2.24) is 9.62 Å². The van der Waals surface area contributed by atoms with Crippen LogP contribution in [-0.2, 0) is 14.8 Å². The van der Waals surface area contributed by atoms with E-state index in [1.54, 1.807) is 13.0 Å². The Labute approximate surface area is 148 Å². The van der Waals surface area contributed by atoms with Crippen LogP contribution in [0.1, 0.15) is 31.7 Å². The Bertz CT molecular complexity index is 763. The Morgan fingerprint density at radius 3 is 2.92 bits per heavy atom. The minimum absolute atomic E-state index is 0.101. The number of hydrogen-bond donors (Lipinski definition) is 2. The van der Waals surface area contributed by atoms with Gasteiger partial charge in [-0.3, -0.25) is 9.69 Å². The van der Waals surface area contributed by atoms with Crippen LogP contribution in [0.15, 0.2) is 17.0 Å². The quantitative estimate of drug-likeness (QED) is 0.823. The van der Waals surface area contributed by atoms with E-state index in [-0.39, 0.29) is 17.4 Å². The van der Waals surface area contributed by atoms with Gasteiger partial charge < -0.3 is 10.1 Å². The van der Waals surface area contributed by atoms with Crippen molar-refractivity contribution in [3.63, 3.8) is 0 Å². The lowest BCUT2D eigenvalue weighted by molar-refractivity contribution is -0.118. The lowest BCUT2D eigenvalue weighted by Gasteiger charge is -2.33. The minimum Gasteiger partial charge on any atom is -0.482 e. The Morgan fingerprint density at radius 1 is 1.36 bits per heavy atom. The molecule has 138 valence electrons. The fraction of sp³-hybridized carbons (Fsp3) is 0.588. The molecule has 2 aliphatic heterocycles. The number of fused-ring (bicyclic) bond motifs is 1. The molecule has 1 atom stereocenters. The highest BCUT2D eigenvalue weighted by Gasteiger charge is 2.24. The fourth-order valence-corrected chi connectivity index (χ4v) is 4.66. The number of ether oxygens (including phenoxy) is 1. The third kappa shape index (κ3) is 4.13. The number of hydrogen-bond acceptors (Lipinski definition) is 5. The predicted molar refractivity (Wildman–Crippen MR) is 95.4 cm³/mol. The molecule has 7 nitrogen and oxygen atoms in total. The van der Waals surface area contributed by atoms with Gasteiger partial charge in [-0.05, 0) is 44.9 Å². The molecule has 0 saturated carbocycles. The number of nitrogens with one attached hydrogen (secondary N) is 2. The number of aryl methyl sites for hydroxylation is 1. The van der Waals surface area contributed by atoms with Crippen molar-refractivity contribution < 1.29 is 17.9 Å². The molecule has 25 heavy (non-hydrogen) atoms. The molecule has 0 aromatic heterocycles. The molecule has 2 aliphatic rings. The van der Waals surface area contributed by atoms with Crippen LogP contribution in [0.2, 0.25) is 0 Å². The zero-order valence-corrected chi connectivity index (χ0v) is 15.5. The first kappa shape index (κ1) is 18.2. The molecule has 1 aromatic carbocycles. The first-order valence-corrected chi connectivity index (χ1v) is 10.2. The van der Waals surface area contributed by atoms with Crippen LogP contribution in [-0.4, -0.2) is 51.5 Å². The Morgan fingerprint density at radius 2 is 2.16 bits per heavy atom. The first-order valence-electron chi connectivity index (χ1n) is 8.68. The maximum Gasteiger partial charge on any atom is 0.262 e. The van der Waals surface area contributed by atoms with Gasteiger partial charge in [-0.25, -0.2) is 13.1 Å². The second kappa shape index (κ2) is 7.31. The van der Waals surface area contributed by atoms with Gasteiger partial charge in [0.1, 0.15) is 5.75 Å². The zero-order chi connectivity index (χ0) is 18.0. The molecule has 1 saturated heterocycles. The highest BCUT2D eigenvalue weighted by Crippen LogP contribution is 2.32. The number of carbonyl (C=O) groups is 1. The van der Waals surface area contributed by atoms with Crippen molar-refractivity contribution in [2.24, 2.45) is 0 Å². The third-order valence-electron chi connectivity index (χ3n) is 4.83. The van der Waals surface area contributed by atoms with Crippen LogP contribution < -0.4 is 14.8 Å². The summed E-state index contributed by atoms with van der Waals surface area (Å²) in [6.45, 7) is 5.90. The van der Waals surface area contributed by atoms with Crippen molar-refractivity contribution in [2.75, 3.05) is 31.6 Å². The summed E-state index contributed by atoms with van der Waals surface area (Å²) in [5.41, 5.74) is 1.08. The van der Waals surface area contributed by atoms with E-state index in [0.29, 0.717) is 36.1 Å². The molecule has 1 amide bonds. The van der Waals surface area contributed by atoms with Gasteiger partial charge in [-0.2, -0.15) is 0 Å². The van der Waals surface area contributed by atoms with E-state index in [1.165, 1.54) is 25.3 Å². The number of piperidine rings is 1. The number of rotatable bonds is 5. The van der Waals surface area contributed by atoms with Gasteiger partial charge in [-0.1, -0.05) is 6.42 Å². The molecular weight excluding hydrogens is 342 g/mol. The maximum atomic E-state index is 12.7. The second-order valence-corrected chi connectivity index (χ2v) is 8.46. The van der Waals surface area contributed by atoms with Crippen LogP contribution in [0.3, 0.4) is 0 Å². The summed E-state index contributed by atoms with van der Waals surface area (Å²) in [6.07, 6.45) is 3.58. The van der Waals surface area contributed by atoms with Gasteiger partial charge in [0.05, 0.1) is 10.6 Å². The van der Waals surface area contributed by atoms with Gasteiger partial charge >= 0.3 is 0 Å². The van der Waals surface area contributed by atoms with E-state index in [2.05, 4.69) is 21.9 Å². The van der Waals surface area contributed by atoms with Crippen molar-refractivity contribution in [1.29, 1.82) is 0 Å². The lowest BCUT2D eigenvalue weighted by Crippen LogP contribution is -2.42. The second-order valence-electron chi connectivity index (χ2n) is 6.73. The number of carbonyl (C=O) groups excluding carboxylic acids is 1. The molecule has 2 N–H and O–H groups in total. The third-order valence-corrected chi connectivity index (χ3v) is 6.43. The van der Waals surface area contributed by atoms with Crippen LogP contribution in [0.25, 0.3) is 0 Å². The molecule has 0 bridgehead atoms. The average Bonchev–Trinajstić information content (AvgIpc) is 2.55. The largest absolute Gasteiger partial charge is 0.482 e. The molecule has 0 radical (unpaired) electrons. The number of nitrogens with zero attached hydrogens (tertiary/aromatic N) is 1. The summed E-state index contributed by atoms with van der Waals surface area (Å²) in [4.78, 5) is 13.9. The minimum atomic E-state index is -3.63. The van der Waals surface area contributed by atoms with E-state index < -0.39 is 10.0 Å². The number of amides is 1. The molecule has 3 rings (SSSR count). The number of sulfonamides is 1. The summed E-state index contributed by atoms with van der Waals surface area (Å²) in [7, 11) is -3.63. The molecular formula is C17H25N3O4S. The monoisotopic (exact) mass is 367 g/mol. The van der Waals surface area contributed by atoms with Crippen LogP contribution in [0.4, 0.5) is 5.69 Å². The summed E-state index contributed by atoms with van der Waals surface area (Å²) >= 11 is 0. The molecule has 1 aromatic rings. The van der Waals surface area contributed by atoms with Gasteiger partial charge in [0, 0.05) is 25.2 Å². The van der Waals surface area contributed by atoms with E-state index in [9.17, 15) is 13.2 Å². The van der Waals surface area contributed by atoms with Gasteiger partial charge in [0.15, 0.2) is 6.61 Å². The SMILES string of the molecule is Cc1cc2c(cc1S(=O)(=O)NCCN1CCCC[C@@H]1C)OCC(=O)N2. The van der Waals surface area contributed by atoms with Crippen LogP contribution in [0, 0.1) is 6.92 Å². The Balaban J connectivity index is 1.68. The topological polar surface area (TPSA) is 87.7 Å². The molecule has 0 aliphatic carbocycles. The molecule has 0 unspecified atom stereocenters. The maximum absolute atomic E-state index is 12.7. The fourth-order valence-electron chi connectivity index (χ4n) is 3.40. The van der Waals surface area contributed by atoms with Crippen molar-refractivity contribution in [3.05, 3.63) is 17.7 Å². The van der Waals surface area contributed by atoms with E-state index in [1.807, 2.05) is 0 Å². The van der Waals surface area contributed by atoms with E-state index in [0.717, 1.165) is 6.54 Å². The zero-order valence-electron chi connectivity index (χ0n) is 14.7.